The molecular formula is C12H14FNO2S. The molecule has 5 heteroatoms. The van der Waals surface area contributed by atoms with Crippen molar-refractivity contribution < 1.29 is 14.3 Å². The molecular weight excluding hydrogens is 241 g/mol. The van der Waals surface area contributed by atoms with Gasteiger partial charge in [0.1, 0.15) is 11.4 Å². The summed E-state index contributed by atoms with van der Waals surface area (Å²) in [7, 11) is 0. The van der Waals surface area contributed by atoms with Gasteiger partial charge in [-0.3, -0.25) is 0 Å². The highest BCUT2D eigenvalue weighted by molar-refractivity contribution is 8.00. The minimum atomic E-state index is -1.23. The Labute approximate surface area is 103 Å². The summed E-state index contributed by atoms with van der Waals surface area (Å²) in [6.45, 7) is 0.689. The fourth-order valence-corrected chi connectivity index (χ4v) is 3.12. The highest BCUT2D eigenvalue weighted by Crippen LogP contribution is 2.27. The van der Waals surface area contributed by atoms with Gasteiger partial charge in [0.25, 0.3) is 0 Å². The monoisotopic (exact) mass is 255 g/mol. The van der Waals surface area contributed by atoms with Gasteiger partial charge in [-0.15, -0.1) is 0 Å². The maximum Gasteiger partial charge on any atom is 0.340 e. The topological polar surface area (TPSA) is 49.3 Å². The molecule has 1 atom stereocenters. The highest BCUT2D eigenvalue weighted by atomic mass is 32.2. The second-order valence-corrected chi connectivity index (χ2v) is 5.39. The first-order valence-electron chi connectivity index (χ1n) is 5.56. The van der Waals surface area contributed by atoms with E-state index in [1.807, 2.05) is 11.8 Å². The number of hydrogen-bond donors (Lipinski definition) is 2. The van der Waals surface area contributed by atoms with Crippen LogP contribution in [0.4, 0.5) is 10.1 Å². The summed E-state index contributed by atoms with van der Waals surface area (Å²) < 4.78 is 13.4. The van der Waals surface area contributed by atoms with Crippen molar-refractivity contribution in [2.45, 2.75) is 18.1 Å². The van der Waals surface area contributed by atoms with Crippen LogP contribution in [0.15, 0.2) is 18.2 Å². The highest BCUT2D eigenvalue weighted by Gasteiger charge is 2.18. The van der Waals surface area contributed by atoms with Gasteiger partial charge in [0.15, 0.2) is 0 Å². The van der Waals surface area contributed by atoms with Crippen molar-refractivity contribution in [2.75, 3.05) is 17.6 Å². The zero-order valence-electron chi connectivity index (χ0n) is 9.28. The van der Waals surface area contributed by atoms with Crippen molar-refractivity contribution >= 4 is 23.4 Å². The third-order valence-electron chi connectivity index (χ3n) is 2.77. The van der Waals surface area contributed by atoms with E-state index in [0.717, 1.165) is 12.2 Å². The van der Waals surface area contributed by atoms with E-state index in [2.05, 4.69) is 5.32 Å². The molecule has 1 fully saturated rings. The van der Waals surface area contributed by atoms with E-state index >= 15 is 0 Å². The van der Waals surface area contributed by atoms with Gasteiger partial charge >= 0.3 is 5.97 Å². The van der Waals surface area contributed by atoms with E-state index in [9.17, 15) is 9.18 Å². The van der Waals surface area contributed by atoms with Crippen LogP contribution in [0.2, 0.25) is 0 Å². The molecule has 0 aliphatic carbocycles. The van der Waals surface area contributed by atoms with Crippen LogP contribution in [0.5, 0.6) is 0 Å². The maximum atomic E-state index is 13.4. The van der Waals surface area contributed by atoms with Crippen molar-refractivity contribution in [2.24, 2.45) is 0 Å². The van der Waals surface area contributed by atoms with E-state index in [0.29, 0.717) is 17.5 Å². The molecule has 1 saturated heterocycles. The molecule has 0 spiro atoms. The molecule has 1 unspecified atom stereocenters. The van der Waals surface area contributed by atoms with E-state index in [-0.39, 0.29) is 5.56 Å². The standard InChI is InChI=1S/C12H14FNO2S/c13-9-4-1-5-10(11(9)12(15)16)14-7-8-3-2-6-17-8/h1,4-5,8,14H,2-3,6-7H2,(H,15,16). The molecule has 1 aliphatic rings. The predicted molar refractivity (Wildman–Crippen MR) is 67.3 cm³/mol. The van der Waals surface area contributed by atoms with Crippen LogP contribution in [-0.4, -0.2) is 28.6 Å². The summed E-state index contributed by atoms with van der Waals surface area (Å²) in [6, 6.07) is 4.29. The number of carboxylic acids is 1. The van der Waals surface area contributed by atoms with Crippen LogP contribution in [0.3, 0.4) is 0 Å². The Morgan fingerprint density at radius 2 is 2.41 bits per heavy atom. The Hall–Kier alpha value is -1.23. The number of benzene rings is 1. The summed E-state index contributed by atoms with van der Waals surface area (Å²) >= 11 is 1.88. The molecule has 0 radical (unpaired) electrons. The van der Waals surface area contributed by atoms with E-state index < -0.39 is 11.8 Å². The van der Waals surface area contributed by atoms with Crippen LogP contribution in [0.25, 0.3) is 0 Å². The zero-order chi connectivity index (χ0) is 12.3. The second-order valence-electron chi connectivity index (χ2n) is 3.98. The Morgan fingerprint density at radius 1 is 1.59 bits per heavy atom. The molecule has 0 bridgehead atoms. The van der Waals surface area contributed by atoms with Crippen molar-refractivity contribution in [3.63, 3.8) is 0 Å². The fraction of sp³-hybridized carbons (Fsp3) is 0.417. The number of hydrogen-bond acceptors (Lipinski definition) is 3. The second kappa shape index (κ2) is 5.40. The largest absolute Gasteiger partial charge is 0.478 e. The molecule has 0 amide bonds. The fourth-order valence-electron chi connectivity index (χ4n) is 1.92. The molecule has 17 heavy (non-hydrogen) atoms. The number of rotatable bonds is 4. The zero-order valence-corrected chi connectivity index (χ0v) is 10.1. The third kappa shape index (κ3) is 2.91. The van der Waals surface area contributed by atoms with Crippen molar-refractivity contribution in [1.82, 2.24) is 0 Å². The Balaban J connectivity index is 2.09. The molecule has 2 rings (SSSR count). The van der Waals surface area contributed by atoms with Gasteiger partial charge in [0.2, 0.25) is 0 Å². The number of carboxylic acid groups (broad SMARTS) is 1. The molecule has 1 aliphatic heterocycles. The van der Waals surface area contributed by atoms with Crippen molar-refractivity contribution in [1.29, 1.82) is 0 Å². The Morgan fingerprint density at radius 3 is 3.06 bits per heavy atom. The third-order valence-corrected chi connectivity index (χ3v) is 4.17. The molecule has 92 valence electrons. The normalized spacial score (nSPS) is 19.2. The average Bonchev–Trinajstić information content (AvgIpc) is 2.78. The van der Waals surface area contributed by atoms with Crippen LogP contribution in [0.1, 0.15) is 23.2 Å². The van der Waals surface area contributed by atoms with Crippen LogP contribution in [-0.2, 0) is 0 Å². The van der Waals surface area contributed by atoms with Crippen LogP contribution >= 0.6 is 11.8 Å². The Kier molecular flexibility index (Phi) is 3.89. The molecule has 1 aromatic carbocycles. The minimum Gasteiger partial charge on any atom is -0.478 e. The van der Waals surface area contributed by atoms with E-state index in [4.69, 9.17) is 5.11 Å². The summed E-state index contributed by atoms with van der Waals surface area (Å²) in [5.74, 6) is -0.771. The van der Waals surface area contributed by atoms with Crippen molar-refractivity contribution in [3.8, 4) is 0 Å². The van der Waals surface area contributed by atoms with Gasteiger partial charge in [-0.1, -0.05) is 6.07 Å². The molecule has 2 N–H and O–H groups in total. The lowest BCUT2D eigenvalue weighted by Crippen LogP contribution is -2.16. The number of halogens is 1. The average molecular weight is 255 g/mol. The number of aromatic carboxylic acids is 1. The van der Waals surface area contributed by atoms with Gasteiger partial charge in [-0.05, 0) is 30.7 Å². The number of thioether (sulfide) groups is 1. The molecule has 0 aromatic heterocycles. The van der Waals surface area contributed by atoms with Gasteiger partial charge < -0.3 is 10.4 Å². The quantitative estimate of drug-likeness (QED) is 0.868. The predicted octanol–water partition coefficient (Wildman–Crippen LogP) is 2.83. The molecule has 3 nitrogen and oxygen atoms in total. The number of anilines is 1. The van der Waals surface area contributed by atoms with Gasteiger partial charge in [0.05, 0.1) is 5.69 Å². The summed E-state index contributed by atoms with van der Waals surface area (Å²) in [4.78, 5) is 11.0. The maximum absolute atomic E-state index is 13.4. The molecule has 1 aromatic rings. The number of nitrogens with one attached hydrogen (secondary N) is 1. The number of carbonyl (C=O) groups is 1. The first kappa shape index (κ1) is 12.2. The lowest BCUT2D eigenvalue weighted by Gasteiger charge is -2.13. The van der Waals surface area contributed by atoms with E-state index in [1.165, 1.54) is 18.6 Å². The lowest BCUT2D eigenvalue weighted by molar-refractivity contribution is 0.0693. The van der Waals surface area contributed by atoms with E-state index in [1.54, 1.807) is 6.07 Å². The Bertz CT molecular complexity index is 419. The first-order chi connectivity index (χ1) is 8.18. The molecule has 1 heterocycles. The van der Waals surface area contributed by atoms with Crippen molar-refractivity contribution in [3.05, 3.63) is 29.6 Å². The SMILES string of the molecule is O=C(O)c1c(F)cccc1NCC1CCCS1. The molecule has 0 saturated carbocycles. The lowest BCUT2D eigenvalue weighted by atomic mass is 10.1. The van der Waals surface area contributed by atoms with Crippen LogP contribution < -0.4 is 5.32 Å². The minimum absolute atomic E-state index is 0.268. The van der Waals surface area contributed by atoms with Crippen LogP contribution in [0, 0.1) is 5.82 Å². The van der Waals surface area contributed by atoms with Gasteiger partial charge in [-0.2, -0.15) is 11.8 Å². The van der Waals surface area contributed by atoms with Gasteiger partial charge in [0, 0.05) is 11.8 Å². The summed E-state index contributed by atoms with van der Waals surface area (Å²) in [6.07, 6.45) is 2.33. The summed E-state index contributed by atoms with van der Waals surface area (Å²) in [5.41, 5.74) is 0.0977. The van der Waals surface area contributed by atoms with Gasteiger partial charge in [-0.25, -0.2) is 9.18 Å². The smallest absolute Gasteiger partial charge is 0.340 e. The summed E-state index contributed by atoms with van der Waals surface area (Å²) in [5, 5.41) is 12.5. The first-order valence-corrected chi connectivity index (χ1v) is 6.60.